The zero-order valence-corrected chi connectivity index (χ0v) is 12.0. The van der Waals surface area contributed by atoms with Crippen LogP contribution < -0.4 is 4.72 Å². The molecule has 2 rings (SSSR count). The normalized spacial score (nSPS) is 11.8. The predicted octanol–water partition coefficient (Wildman–Crippen LogP) is 3.05. The molecule has 0 aliphatic heterocycles. The van der Waals surface area contributed by atoms with Crippen LogP contribution in [0.15, 0.2) is 37.6 Å². The minimum atomic E-state index is -3.40. The van der Waals surface area contributed by atoms with Crippen LogP contribution in [-0.4, -0.2) is 8.42 Å². The molecule has 0 atom stereocenters. The summed E-state index contributed by atoms with van der Waals surface area (Å²) in [4.78, 5) is 0.997. The summed E-state index contributed by atoms with van der Waals surface area (Å²) in [5, 5.41) is 3.66. The third-order valence-electron chi connectivity index (χ3n) is 1.85. The van der Waals surface area contributed by atoms with E-state index in [4.69, 9.17) is 0 Å². The van der Waals surface area contributed by atoms with Crippen LogP contribution in [0, 0.1) is 0 Å². The fourth-order valence-electron chi connectivity index (χ4n) is 1.12. The van der Waals surface area contributed by atoms with E-state index in [9.17, 15) is 8.42 Å². The Labute approximate surface area is 110 Å². The SMILES string of the molecule is O=S(=O)(NCc1cccs1)c1sccc1Br. The summed E-state index contributed by atoms with van der Waals surface area (Å²) < 4.78 is 27.3. The molecule has 0 unspecified atom stereocenters. The maximum atomic E-state index is 11.9. The Balaban J connectivity index is 2.13. The quantitative estimate of drug-likeness (QED) is 0.931. The third kappa shape index (κ3) is 2.72. The highest BCUT2D eigenvalue weighted by Crippen LogP contribution is 2.27. The van der Waals surface area contributed by atoms with Gasteiger partial charge in [-0.3, -0.25) is 0 Å². The number of thiophene rings is 2. The predicted molar refractivity (Wildman–Crippen MR) is 70.4 cm³/mol. The van der Waals surface area contributed by atoms with Gasteiger partial charge in [0.1, 0.15) is 4.21 Å². The second kappa shape index (κ2) is 4.97. The summed E-state index contributed by atoms with van der Waals surface area (Å²) >= 11 is 5.94. The molecule has 0 aromatic carbocycles. The lowest BCUT2D eigenvalue weighted by Gasteiger charge is -2.03. The summed E-state index contributed by atoms with van der Waals surface area (Å²) in [5.74, 6) is 0. The van der Waals surface area contributed by atoms with Crippen molar-refractivity contribution in [2.24, 2.45) is 0 Å². The second-order valence-corrected chi connectivity index (χ2v) is 7.72. The number of rotatable bonds is 4. The van der Waals surface area contributed by atoms with Crippen molar-refractivity contribution in [3.8, 4) is 0 Å². The Morgan fingerprint density at radius 2 is 2.06 bits per heavy atom. The fraction of sp³-hybridized carbons (Fsp3) is 0.111. The zero-order valence-electron chi connectivity index (χ0n) is 8.01. The number of sulfonamides is 1. The monoisotopic (exact) mass is 337 g/mol. The molecule has 2 aromatic rings. The number of nitrogens with one attached hydrogen (secondary N) is 1. The van der Waals surface area contributed by atoms with E-state index in [1.54, 1.807) is 11.4 Å². The molecule has 16 heavy (non-hydrogen) atoms. The van der Waals surface area contributed by atoms with Gasteiger partial charge in [0.2, 0.25) is 0 Å². The minimum Gasteiger partial charge on any atom is -0.206 e. The molecule has 0 bridgehead atoms. The molecule has 3 nitrogen and oxygen atoms in total. The van der Waals surface area contributed by atoms with Crippen LogP contribution in [0.3, 0.4) is 0 Å². The maximum Gasteiger partial charge on any atom is 0.251 e. The summed E-state index contributed by atoms with van der Waals surface area (Å²) in [6, 6.07) is 5.52. The van der Waals surface area contributed by atoms with Gasteiger partial charge in [0.15, 0.2) is 0 Å². The molecule has 0 saturated carbocycles. The first-order valence-electron chi connectivity index (χ1n) is 4.34. The molecular formula is C9H8BrNO2S3. The van der Waals surface area contributed by atoms with Crippen molar-refractivity contribution in [3.05, 3.63) is 38.3 Å². The number of hydrogen-bond donors (Lipinski definition) is 1. The van der Waals surface area contributed by atoms with E-state index >= 15 is 0 Å². The molecule has 86 valence electrons. The Bertz CT molecular complexity index is 559. The van der Waals surface area contributed by atoms with Crippen LogP contribution >= 0.6 is 38.6 Å². The number of halogens is 1. The van der Waals surface area contributed by atoms with Gasteiger partial charge in [0, 0.05) is 15.9 Å². The molecule has 0 amide bonds. The van der Waals surface area contributed by atoms with E-state index in [1.807, 2.05) is 17.5 Å². The smallest absolute Gasteiger partial charge is 0.206 e. The van der Waals surface area contributed by atoms with Crippen LogP contribution in [0.4, 0.5) is 0 Å². The van der Waals surface area contributed by atoms with Gasteiger partial charge in [0.05, 0.1) is 0 Å². The fourth-order valence-corrected chi connectivity index (χ4v) is 5.24. The average Bonchev–Trinajstić information content (AvgIpc) is 2.85. The third-order valence-corrected chi connectivity index (χ3v) is 6.79. The van der Waals surface area contributed by atoms with Gasteiger partial charge in [-0.15, -0.1) is 22.7 Å². The largest absolute Gasteiger partial charge is 0.251 e. The van der Waals surface area contributed by atoms with E-state index in [0.29, 0.717) is 15.2 Å². The van der Waals surface area contributed by atoms with E-state index in [0.717, 1.165) is 4.88 Å². The Kier molecular flexibility index (Phi) is 3.81. The van der Waals surface area contributed by atoms with E-state index in [1.165, 1.54) is 22.7 Å². The molecule has 0 saturated heterocycles. The highest BCUT2D eigenvalue weighted by molar-refractivity contribution is 9.10. The molecule has 2 aromatic heterocycles. The molecule has 0 aliphatic carbocycles. The lowest BCUT2D eigenvalue weighted by molar-refractivity contribution is 0.583. The van der Waals surface area contributed by atoms with Gasteiger partial charge in [0.25, 0.3) is 10.0 Å². The van der Waals surface area contributed by atoms with Gasteiger partial charge in [-0.2, -0.15) is 0 Å². The van der Waals surface area contributed by atoms with Gasteiger partial charge in [-0.25, -0.2) is 13.1 Å². The topological polar surface area (TPSA) is 46.2 Å². The molecule has 0 aliphatic rings. The minimum absolute atomic E-state index is 0.323. The van der Waals surface area contributed by atoms with Gasteiger partial charge in [-0.1, -0.05) is 6.07 Å². The average molecular weight is 338 g/mol. The van der Waals surface area contributed by atoms with Crippen molar-refractivity contribution < 1.29 is 8.42 Å². The Morgan fingerprint density at radius 1 is 1.25 bits per heavy atom. The van der Waals surface area contributed by atoms with Crippen molar-refractivity contribution in [2.75, 3.05) is 0 Å². The van der Waals surface area contributed by atoms with E-state index in [2.05, 4.69) is 20.7 Å². The highest BCUT2D eigenvalue weighted by Gasteiger charge is 2.18. The molecule has 2 heterocycles. The van der Waals surface area contributed by atoms with Crippen LogP contribution in [0.2, 0.25) is 0 Å². The van der Waals surface area contributed by atoms with E-state index < -0.39 is 10.0 Å². The van der Waals surface area contributed by atoms with Gasteiger partial charge in [-0.05, 0) is 38.8 Å². The van der Waals surface area contributed by atoms with E-state index in [-0.39, 0.29) is 0 Å². The van der Waals surface area contributed by atoms with Crippen LogP contribution in [0.1, 0.15) is 4.88 Å². The first kappa shape index (κ1) is 12.3. The zero-order chi connectivity index (χ0) is 11.6. The lowest BCUT2D eigenvalue weighted by atomic mass is 10.5. The molecular weight excluding hydrogens is 330 g/mol. The summed E-state index contributed by atoms with van der Waals surface area (Å²) in [6.45, 7) is 0.338. The van der Waals surface area contributed by atoms with Crippen molar-refractivity contribution in [1.82, 2.24) is 4.72 Å². The second-order valence-electron chi connectivity index (χ2n) is 2.96. The molecule has 0 fully saturated rings. The van der Waals surface area contributed by atoms with Crippen molar-refractivity contribution in [2.45, 2.75) is 10.8 Å². The Morgan fingerprint density at radius 3 is 2.62 bits per heavy atom. The van der Waals surface area contributed by atoms with Crippen molar-refractivity contribution in [3.63, 3.8) is 0 Å². The Hall–Kier alpha value is -0.210. The molecule has 7 heteroatoms. The number of hydrogen-bond acceptors (Lipinski definition) is 4. The first-order valence-corrected chi connectivity index (χ1v) is 8.38. The van der Waals surface area contributed by atoms with Gasteiger partial charge < -0.3 is 0 Å². The van der Waals surface area contributed by atoms with Crippen LogP contribution in [0.5, 0.6) is 0 Å². The molecule has 0 radical (unpaired) electrons. The highest BCUT2D eigenvalue weighted by atomic mass is 79.9. The summed E-state index contributed by atoms with van der Waals surface area (Å²) in [7, 11) is -3.40. The van der Waals surface area contributed by atoms with Crippen LogP contribution in [0.25, 0.3) is 0 Å². The molecule has 0 spiro atoms. The first-order chi connectivity index (χ1) is 7.59. The summed E-state index contributed by atoms with van der Waals surface area (Å²) in [5.41, 5.74) is 0. The molecule has 1 N–H and O–H groups in total. The lowest BCUT2D eigenvalue weighted by Crippen LogP contribution is -2.22. The van der Waals surface area contributed by atoms with Crippen LogP contribution in [-0.2, 0) is 16.6 Å². The standard InChI is InChI=1S/C9H8BrNO2S3/c10-8-3-5-15-9(8)16(12,13)11-6-7-2-1-4-14-7/h1-5,11H,6H2. The van der Waals surface area contributed by atoms with Crippen molar-refractivity contribution in [1.29, 1.82) is 0 Å². The maximum absolute atomic E-state index is 11.9. The summed E-state index contributed by atoms with van der Waals surface area (Å²) in [6.07, 6.45) is 0. The van der Waals surface area contributed by atoms with Gasteiger partial charge >= 0.3 is 0 Å². The van der Waals surface area contributed by atoms with Crippen molar-refractivity contribution >= 4 is 48.6 Å².